The molecule has 3 heteroatoms. The average molecular weight is 249 g/mol. The molecule has 0 radical (unpaired) electrons. The normalized spacial score (nSPS) is 20.8. The molecule has 0 amide bonds. The summed E-state index contributed by atoms with van der Waals surface area (Å²) < 4.78 is 5.56. The van der Waals surface area contributed by atoms with E-state index >= 15 is 0 Å². The molecule has 100 valence electrons. The van der Waals surface area contributed by atoms with E-state index in [1.807, 2.05) is 25.1 Å². The van der Waals surface area contributed by atoms with Crippen molar-refractivity contribution in [2.24, 2.45) is 0 Å². The molecule has 1 aliphatic rings. The number of anilines is 1. The van der Waals surface area contributed by atoms with Gasteiger partial charge in [-0.2, -0.15) is 0 Å². The van der Waals surface area contributed by atoms with E-state index in [9.17, 15) is 5.11 Å². The van der Waals surface area contributed by atoms with E-state index < -0.39 is 0 Å². The molecule has 0 saturated carbocycles. The van der Waals surface area contributed by atoms with Crippen molar-refractivity contribution in [3.05, 3.63) is 29.8 Å². The predicted molar refractivity (Wildman–Crippen MR) is 73.9 cm³/mol. The maximum absolute atomic E-state index is 10.2. The number of aliphatic hydroxyl groups excluding tert-OH is 1. The third kappa shape index (κ3) is 2.52. The van der Waals surface area contributed by atoms with Crippen LogP contribution in [-0.4, -0.2) is 30.4 Å². The Morgan fingerprint density at radius 2 is 2.11 bits per heavy atom. The first kappa shape index (κ1) is 13.4. The third-order valence-electron chi connectivity index (χ3n) is 3.62. The molecule has 1 N–H and O–H groups in total. The number of nitrogens with zero attached hydrogens (tertiary/aromatic N) is 1. The molecule has 1 aromatic carbocycles. The molecule has 1 saturated heterocycles. The lowest BCUT2D eigenvalue weighted by atomic mass is 9.97. The van der Waals surface area contributed by atoms with Crippen molar-refractivity contribution in [2.75, 3.05) is 24.7 Å². The second-order valence-electron chi connectivity index (χ2n) is 5.50. The lowest BCUT2D eigenvalue weighted by Crippen LogP contribution is -2.53. The van der Waals surface area contributed by atoms with Crippen LogP contribution in [0.1, 0.15) is 38.9 Å². The van der Waals surface area contributed by atoms with Gasteiger partial charge in [-0.3, -0.25) is 0 Å². The molecule has 0 unspecified atom stereocenters. The molecule has 18 heavy (non-hydrogen) atoms. The second-order valence-corrected chi connectivity index (χ2v) is 5.50. The van der Waals surface area contributed by atoms with E-state index in [1.165, 1.54) is 0 Å². The van der Waals surface area contributed by atoms with Gasteiger partial charge in [0.05, 0.1) is 24.9 Å². The predicted octanol–water partition coefficient (Wildman–Crippen LogP) is 2.75. The first-order valence-corrected chi connectivity index (χ1v) is 6.68. The topological polar surface area (TPSA) is 32.7 Å². The Morgan fingerprint density at radius 3 is 2.78 bits per heavy atom. The van der Waals surface area contributed by atoms with Crippen LogP contribution in [-0.2, 0) is 4.74 Å². The van der Waals surface area contributed by atoms with Crippen molar-refractivity contribution in [1.82, 2.24) is 0 Å². The molecule has 0 spiro atoms. The van der Waals surface area contributed by atoms with E-state index in [0.717, 1.165) is 37.4 Å². The van der Waals surface area contributed by atoms with Crippen molar-refractivity contribution in [3.8, 4) is 0 Å². The van der Waals surface area contributed by atoms with Crippen LogP contribution in [0.5, 0.6) is 0 Å². The van der Waals surface area contributed by atoms with E-state index in [0.29, 0.717) is 0 Å². The number of para-hydroxylation sites is 1. The van der Waals surface area contributed by atoms with Crippen LogP contribution in [0.3, 0.4) is 0 Å². The number of benzene rings is 1. The Labute approximate surface area is 109 Å². The second kappa shape index (κ2) is 5.29. The molecule has 2 rings (SSSR count). The van der Waals surface area contributed by atoms with Crippen LogP contribution in [0.4, 0.5) is 5.69 Å². The van der Waals surface area contributed by atoms with E-state index in [-0.39, 0.29) is 11.6 Å². The molecule has 1 aromatic rings. The van der Waals surface area contributed by atoms with Crippen LogP contribution >= 0.6 is 0 Å². The van der Waals surface area contributed by atoms with Crippen molar-refractivity contribution >= 4 is 5.69 Å². The highest BCUT2D eigenvalue weighted by Crippen LogP contribution is 2.33. The van der Waals surface area contributed by atoms with E-state index in [1.54, 1.807) is 0 Å². The summed E-state index contributed by atoms with van der Waals surface area (Å²) in [6.45, 7) is 8.72. The van der Waals surface area contributed by atoms with E-state index in [4.69, 9.17) is 4.74 Å². The number of aliphatic hydroxyl groups is 1. The first-order valence-electron chi connectivity index (χ1n) is 6.68. The van der Waals surface area contributed by atoms with Gasteiger partial charge in [-0.15, -0.1) is 0 Å². The highest BCUT2D eigenvalue weighted by molar-refractivity contribution is 5.56. The molecule has 1 fully saturated rings. The summed E-state index contributed by atoms with van der Waals surface area (Å²) in [5.41, 5.74) is 2.14. The van der Waals surface area contributed by atoms with Crippen LogP contribution in [0, 0.1) is 0 Å². The third-order valence-corrected chi connectivity index (χ3v) is 3.62. The maximum atomic E-state index is 10.2. The lowest BCUT2D eigenvalue weighted by molar-refractivity contribution is 0.0638. The minimum atomic E-state index is -0.389. The van der Waals surface area contributed by atoms with Gasteiger partial charge in [-0.05, 0) is 26.3 Å². The highest BCUT2D eigenvalue weighted by atomic mass is 16.5. The van der Waals surface area contributed by atoms with Gasteiger partial charge in [-0.1, -0.05) is 25.1 Å². The molecule has 0 aromatic heterocycles. The molecular formula is C15H23NO2. The zero-order valence-electron chi connectivity index (χ0n) is 11.5. The van der Waals surface area contributed by atoms with E-state index in [2.05, 4.69) is 24.8 Å². The number of hydrogen-bond donors (Lipinski definition) is 1. The Balaban J connectivity index is 2.37. The molecule has 0 bridgehead atoms. The molecule has 1 aliphatic heterocycles. The van der Waals surface area contributed by atoms with Gasteiger partial charge < -0.3 is 14.7 Å². The quantitative estimate of drug-likeness (QED) is 0.894. The van der Waals surface area contributed by atoms with Gasteiger partial charge in [0.15, 0.2) is 0 Å². The van der Waals surface area contributed by atoms with Gasteiger partial charge >= 0.3 is 0 Å². The Bertz CT molecular complexity index is 403. The number of rotatable bonds is 3. The van der Waals surface area contributed by atoms with Gasteiger partial charge in [-0.25, -0.2) is 0 Å². The summed E-state index contributed by atoms with van der Waals surface area (Å²) >= 11 is 0. The van der Waals surface area contributed by atoms with Gasteiger partial charge in [0.1, 0.15) is 0 Å². The smallest absolute Gasteiger partial charge is 0.0807 e. The van der Waals surface area contributed by atoms with Crippen LogP contribution < -0.4 is 4.90 Å². The molecule has 0 aliphatic carbocycles. The minimum Gasteiger partial charge on any atom is -0.388 e. The minimum absolute atomic E-state index is 0.0260. The standard InChI is InChI=1S/C15H23NO2/c1-4-14(17)12-7-5-6-8-13(12)16-9-10-18-11-15(16,2)3/h5-8,14,17H,4,9-11H2,1-3H3/t14-/m0/s1. The van der Waals surface area contributed by atoms with Gasteiger partial charge in [0.2, 0.25) is 0 Å². The van der Waals surface area contributed by atoms with Crippen molar-refractivity contribution < 1.29 is 9.84 Å². The summed E-state index contributed by atoms with van der Waals surface area (Å²) in [7, 11) is 0. The van der Waals surface area contributed by atoms with Crippen molar-refractivity contribution in [2.45, 2.75) is 38.8 Å². The maximum Gasteiger partial charge on any atom is 0.0807 e. The Kier molecular flexibility index (Phi) is 3.93. The summed E-state index contributed by atoms with van der Waals surface area (Å²) in [6.07, 6.45) is 0.349. The highest BCUT2D eigenvalue weighted by Gasteiger charge is 2.32. The SMILES string of the molecule is CC[C@H](O)c1ccccc1N1CCOCC1(C)C. The van der Waals surface area contributed by atoms with Crippen LogP contribution in [0.15, 0.2) is 24.3 Å². The van der Waals surface area contributed by atoms with Crippen LogP contribution in [0.2, 0.25) is 0 Å². The molecule has 1 atom stereocenters. The fourth-order valence-corrected chi connectivity index (χ4v) is 2.54. The van der Waals surface area contributed by atoms with Crippen molar-refractivity contribution in [3.63, 3.8) is 0 Å². The Morgan fingerprint density at radius 1 is 1.39 bits per heavy atom. The molecule has 3 nitrogen and oxygen atoms in total. The Hall–Kier alpha value is -1.06. The first-order chi connectivity index (χ1) is 8.56. The largest absolute Gasteiger partial charge is 0.388 e. The summed E-state index contributed by atoms with van der Waals surface area (Å²) in [4.78, 5) is 2.35. The fourth-order valence-electron chi connectivity index (χ4n) is 2.54. The zero-order valence-corrected chi connectivity index (χ0v) is 11.5. The fraction of sp³-hybridized carbons (Fsp3) is 0.600. The summed E-state index contributed by atoms with van der Waals surface area (Å²) in [5.74, 6) is 0. The monoisotopic (exact) mass is 249 g/mol. The molecule has 1 heterocycles. The van der Waals surface area contributed by atoms with Gasteiger partial charge in [0, 0.05) is 17.8 Å². The lowest BCUT2D eigenvalue weighted by Gasteiger charge is -2.44. The average Bonchev–Trinajstić information content (AvgIpc) is 2.37. The van der Waals surface area contributed by atoms with Gasteiger partial charge in [0.25, 0.3) is 0 Å². The van der Waals surface area contributed by atoms with Crippen molar-refractivity contribution in [1.29, 1.82) is 0 Å². The number of morpholine rings is 1. The van der Waals surface area contributed by atoms with Crippen LogP contribution in [0.25, 0.3) is 0 Å². The number of hydrogen-bond acceptors (Lipinski definition) is 3. The number of ether oxygens (including phenoxy) is 1. The molecular weight excluding hydrogens is 226 g/mol. The summed E-state index contributed by atoms with van der Waals surface area (Å²) in [6, 6.07) is 8.15. The zero-order chi connectivity index (χ0) is 13.2. The summed E-state index contributed by atoms with van der Waals surface area (Å²) in [5, 5.41) is 10.2.